The molecule has 0 aliphatic carbocycles. The maximum absolute atomic E-state index is 13.0. The minimum Gasteiger partial charge on any atom is -0.342 e. The van der Waals surface area contributed by atoms with Crippen LogP contribution in [0.1, 0.15) is 30.0 Å². The summed E-state index contributed by atoms with van der Waals surface area (Å²) < 4.78 is 13.0. The van der Waals surface area contributed by atoms with E-state index in [0.29, 0.717) is 12.3 Å². The van der Waals surface area contributed by atoms with Gasteiger partial charge in [-0.1, -0.05) is 18.2 Å². The van der Waals surface area contributed by atoms with Crippen molar-refractivity contribution in [2.24, 2.45) is 0 Å². The summed E-state index contributed by atoms with van der Waals surface area (Å²) in [5.74, 6) is 0.948. The summed E-state index contributed by atoms with van der Waals surface area (Å²) in [7, 11) is 0. The Balaban J connectivity index is 1.33. The van der Waals surface area contributed by atoms with Gasteiger partial charge in [0.25, 0.3) is 0 Å². The number of halogens is 1. The highest BCUT2D eigenvalue weighted by molar-refractivity contribution is 7.13. The molecule has 3 heterocycles. The number of nitrogens with one attached hydrogen (secondary N) is 1. The molecule has 3 aromatic rings. The zero-order chi connectivity index (χ0) is 19.3. The van der Waals surface area contributed by atoms with Gasteiger partial charge in [-0.15, -0.1) is 11.3 Å². The summed E-state index contributed by atoms with van der Waals surface area (Å²) >= 11 is 1.54. The van der Waals surface area contributed by atoms with Crippen LogP contribution in [-0.4, -0.2) is 33.9 Å². The lowest BCUT2D eigenvalue weighted by molar-refractivity contribution is -0.131. The lowest BCUT2D eigenvalue weighted by Crippen LogP contribution is -2.38. The number of nitrogens with zero attached hydrogens (tertiary/aromatic N) is 3. The molecular weight excluding hydrogens is 375 g/mol. The van der Waals surface area contributed by atoms with E-state index in [4.69, 9.17) is 4.98 Å². The molecule has 1 N–H and O–H groups in total. The van der Waals surface area contributed by atoms with Gasteiger partial charge in [0.1, 0.15) is 11.6 Å². The van der Waals surface area contributed by atoms with E-state index in [-0.39, 0.29) is 11.7 Å². The van der Waals surface area contributed by atoms with Crippen LogP contribution in [0.15, 0.2) is 54.0 Å². The molecule has 1 amide bonds. The second-order valence-corrected chi connectivity index (χ2v) is 7.76. The number of likely N-dealkylation sites (tertiary alicyclic amines) is 1. The Morgan fingerprint density at radius 3 is 2.68 bits per heavy atom. The van der Waals surface area contributed by atoms with Crippen molar-refractivity contribution >= 4 is 28.2 Å². The molecule has 0 atom stereocenters. The second-order valence-electron chi connectivity index (χ2n) is 6.87. The van der Waals surface area contributed by atoms with Gasteiger partial charge in [0, 0.05) is 36.3 Å². The molecule has 0 spiro atoms. The van der Waals surface area contributed by atoms with Gasteiger partial charge in [0.15, 0.2) is 5.13 Å². The van der Waals surface area contributed by atoms with E-state index < -0.39 is 0 Å². The molecule has 7 heteroatoms. The highest BCUT2D eigenvalue weighted by Crippen LogP contribution is 2.28. The maximum atomic E-state index is 13.0. The molecule has 1 aromatic carbocycles. The number of thiazole rings is 1. The molecule has 0 unspecified atom stereocenters. The summed E-state index contributed by atoms with van der Waals surface area (Å²) in [6.45, 7) is 1.44. The van der Waals surface area contributed by atoms with E-state index in [1.807, 2.05) is 28.5 Å². The van der Waals surface area contributed by atoms with Gasteiger partial charge < -0.3 is 10.2 Å². The van der Waals surface area contributed by atoms with Gasteiger partial charge in [-0.05, 0) is 42.7 Å². The first-order valence-electron chi connectivity index (χ1n) is 9.33. The molecule has 1 aliphatic rings. The van der Waals surface area contributed by atoms with Crippen LogP contribution >= 0.6 is 11.3 Å². The molecule has 1 fully saturated rings. The molecule has 28 heavy (non-hydrogen) atoms. The first kappa shape index (κ1) is 18.6. The Labute approximate surface area is 167 Å². The average Bonchev–Trinajstić information content (AvgIpc) is 3.23. The van der Waals surface area contributed by atoms with Crippen LogP contribution in [-0.2, 0) is 11.2 Å². The minimum absolute atomic E-state index is 0.0946. The third-order valence-electron chi connectivity index (χ3n) is 4.97. The maximum Gasteiger partial charge on any atom is 0.226 e. The number of anilines is 2. The third-order valence-corrected chi connectivity index (χ3v) is 5.66. The van der Waals surface area contributed by atoms with E-state index in [2.05, 4.69) is 10.3 Å². The van der Waals surface area contributed by atoms with Crippen molar-refractivity contribution in [3.63, 3.8) is 0 Å². The van der Waals surface area contributed by atoms with Crippen LogP contribution in [0.2, 0.25) is 0 Å². The van der Waals surface area contributed by atoms with Crippen LogP contribution in [0.3, 0.4) is 0 Å². The predicted octanol–water partition coefficient (Wildman–Crippen LogP) is 4.37. The van der Waals surface area contributed by atoms with Gasteiger partial charge in [0.2, 0.25) is 5.91 Å². The van der Waals surface area contributed by atoms with Gasteiger partial charge in [0.05, 0.1) is 6.42 Å². The summed E-state index contributed by atoms with van der Waals surface area (Å²) in [4.78, 5) is 23.4. The number of piperidine rings is 1. The Kier molecular flexibility index (Phi) is 5.62. The van der Waals surface area contributed by atoms with Gasteiger partial charge >= 0.3 is 0 Å². The molecule has 0 radical (unpaired) electrons. The highest BCUT2D eigenvalue weighted by Gasteiger charge is 2.24. The molecule has 144 valence electrons. The first-order valence-corrected chi connectivity index (χ1v) is 10.2. The molecule has 0 saturated carbocycles. The quantitative estimate of drug-likeness (QED) is 0.696. The number of aromatic nitrogens is 2. The molecule has 0 bridgehead atoms. The zero-order valence-corrected chi connectivity index (χ0v) is 16.2. The Hall–Kier alpha value is -2.80. The number of hydrogen-bond acceptors (Lipinski definition) is 5. The molecule has 5 nitrogen and oxygen atoms in total. The number of amides is 1. The SMILES string of the molecule is O=C(Cc1ccc(F)cc1)N1CCC(c2cccc(Nc3nccs3)n2)CC1. The summed E-state index contributed by atoms with van der Waals surface area (Å²) in [5.41, 5.74) is 1.89. The number of carbonyl (C=O) groups is 1. The lowest BCUT2D eigenvalue weighted by Gasteiger charge is -2.32. The fourth-order valence-corrected chi connectivity index (χ4v) is 3.99. The number of pyridine rings is 1. The Morgan fingerprint density at radius 2 is 1.96 bits per heavy atom. The van der Waals surface area contributed by atoms with E-state index in [1.165, 1.54) is 23.5 Å². The molecule has 1 saturated heterocycles. The van der Waals surface area contributed by atoms with E-state index >= 15 is 0 Å². The van der Waals surface area contributed by atoms with E-state index in [0.717, 1.165) is 48.1 Å². The Morgan fingerprint density at radius 1 is 1.18 bits per heavy atom. The van der Waals surface area contributed by atoms with Gasteiger partial charge in [-0.25, -0.2) is 14.4 Å². The van der Waals surface area contributed by atoms with E-state index in [1.54, 1.807) is 18.3 Å². The zero-order valence-electron chi connectivity index (χ0n) is 15.3. The number of hydrogen-bond donors (Lipinski definition) is 1. The van der Waals surface area contributed by atoms with Crippen molar-refractivity contribution in [3.8, 4) is 0 Å². The third kappa shape index (κ3) is 4.54. The van der Waals surface area contributed by atoms with Crippen molar-refractivity contribution in [2.45, 2.75) is 25.2 Å². The van der Waals surface area contributed by atoms with Crippen molar-refractivity contribution in [1.82, 2.24) is 14.9 Å². The van der Waals surface area contributed by atoms with Crippen LogP contribution in [0.25, 0.3) is 0 Å². The normalized spacial score (nSPS) is 14.8. The van der Waals surface area contributed by atoms with Crippen LogP contribution in [0.4, 0.5) is 15.3 Å². The van der Waals surface area contributed by atoms with Gasteiger partial charge in [-0.2, -0.15) is 0 Å². The lowest BCUT2D eigenvalue weighted by atomic mass is 9.92. The van der Waals surface area contributed by atoms with Crippen LogP contribution < -0.4 is 5.32 Å². The van der Waals surface area contributed by atoms with Crippen molar-refractivity contribution in [2.75, 3.05) is 18.4 Å². The summed E-state index contributed by atoms with van der Waals surface area (Å²) in [6.07, 6.45) is 3.86. The molecular formula is C21H21FN4OS. The average molecular weight is 396 g/mol. The van der Waals surface area contributed by atoms with Crippen LogP contribution in [0, 0.1) is 5.82 Å². The van der Waals surface area contributed by atoms with Crippen LogP contribution in [0.5, 0.6) is 0 Å². The van der Waals surface area contributed by atoms with Gasteiger partial charge in [-0.3, -0.25) is 4.79 Å². The highest BCUT2D eigenvalue weighted by atomic mass is 32.1. The number of benzene rings is 1. The van der Waals surface area contributed by atoms with E-state index in [9.17, 15) is 9.18 Å². The molecule has 1 aliphatic heterocycles. The molecule has 2 aromatic heterocycles. The predicted molar refractivity (Wildman–Crippen MR) is 108 cm³/mol. The monoisotopic (exact) mass is 396 g/mol. The second kappa shape index (κ2) is 8.48. The van der Waals surface area contributed by atoms with Crippen molar-refractivity contribution in [1.29, 1.82) is 0 Å². The smallest absolute Gasteiger partial charge is 0.226 e. The first-order chi connectivity index (χ1) is 13.7. The summed E-state index contributed by atoms with van der Waals surface area (Å²) in [6, 6.07) is 12.1. The standard InChI is InChI=1S/C21H21FN4OS/c22-17-6-4-15(5-7-17)14-20(27)26-11-8-16(9-12-26)18-2-1-3-19(24-18)25-21-23-10-13-28-21/h1-7,10,13,16H,8-9,11-12,14H2,(H,23,24,25). The van der Waals surface area contributed by atoms with Crippen molar-refractivity contribution < 1.29 is 9.18 Å². The topological polar surface area (TPSA) is 58.1 Å². The fourth-order valence-electron chi connectivity index (χ4n) is 3.46. The largest absolute Gasteiger partial charge is 0.342 e. The number of carbonyl (C=O) groups excluding carboxylic acids is 1. The van der Waals surface area contributed by atoms with Crippen molar-refractivity contribution in [3.05, 3.63) is 71.1 Å². The summed E-state index contributed by atoms with van der Waals surface area (Å²) in [5, 5.41) is 5.97. The number of rotatable bonds is 5. The molecule has 4 rings (SSSR count). The minimum atomic E-state index is -0.281. The Bertz CT molecular complexity index is 922. The fraction of sp³-hybridized carbons (Fsp3) is 0.286.